The summed E-state index contributed by atoms with van der Waals surface area (Å²) in [6, 6.07) is 7.83. The number of rotatable bonds is 1. The lowest BCUT2D eigenvalue weighted by Gasteiger charge is -2.17. The Balaban J connectivity index is 2.05. The van der Waals surface area contributed by atoms with Crippen molar-refractivity contribution in [2.24, 2.45) is 0 Å². The molecule has 0 aliphatic carbocycles. The Bertz CT molecular complexity index is 605. The van der Waals surface area contributed by atoms with Gasteiger partial charge in [-0.1, -0.05) is 27.5 Å². The number of anilines is 1. The molecule has 5 heteroatoms. The lowest BCUT2D eigenvalue weighted by molar-refractivity contribution is 0.198. The average Bonchev–Trinajstić information content (AvgIpc) is 2.75. The molecule has 2 aromatic rings. The van der Waals surface area contributed by atoms with Crippen LogP contribution >= 0.6 is 27.5 Å². The zero-order valence-corrected chi connectivity index (χ0v) is 11.9. The molecule has 94 valence electrons. The number of aliphatic hydroxyl groups is 1. The predicted molar refractivity (Wildman–Crippen MR) is 77.3 cm³/mol. The maximum atomic E-state index is 9.56. The van der Waals surface area contributed by atoms with E-state index in [0.717, 1.165) is 34.2 Å². The molecule has 18 heavy (non-hydrogen) atoms. The van der Waals surface area contributed by atoms with Crippen molar-refractivity contribution < 1.29 is 5.11 Å². The largest absolute Gasteiger partial charge is 0.391 e. The van der Waals surface area contributed by atoms with Crippen molar-refractivity contribution in [3.05, 3.63) is 33.8 Å². The van der Waals surface area contributed by atoms with Gasteiger partial charge in [-0.25, -0.2) is 4.98 Å². The van der Waals surface area contributed by atoms with E-state index in [4.69, 9.17) is 11.6 Å². The Hall–Kier alpha value is -0.840. The van der Waals surface area contributed by atoms with E-state index in [9.17, 15) is 5.11 Å². The van der Waals surface area contributed by atoms with Crippen LogP contribution in [0.4, 0.5) is 5.82 Å². The van der Waals surface area contributed by atoms with Gasteiger partial charge in [0.2, 0.25) is 0 Å². The summed E-state index contributed by atoms with van der Waals surface area (Å²) in [6.45, 7) is 1.49. The van der Waals surface area contributed by atoms with Crippen molar-refractivity contribution in [1.29, 1.82) is 0 Å². The number of nitrogens with zero attached hydrogens (tertiary/aromatic N) is 2. The van der Waals surface area contributed by atoms with Crippen LogP contribution in [-0.4, -0.2) is 29.3 Å². The van der Waals surface area contributed by atoms with Gasteiger partial charge < -0.3 is 10.0 Å². The van der Waals surface area contributed by atoms with Crippen LogP contribution in [0, 0.1) is 0 Å². The van der Waals surface area contributed by atoms with Crippen molar-refractivity contribution in [1.82, 2.24) is 4.98 Å². The highest BCUT2D eigenvalue weighted by atomic mass is 79.9. The summed E-state index contributed by atoms with van der Waals surface area (Å²) in [7, 11) is 0. The van der Waals surface area contributed by atoms with Crippen LogP contribution in [0.1, 0.15) is 6.42 Å². The number of aromatic nitrogens is 1. The van der Waals surface area contributed by atoms with Crippen LogP contribution in [0.2, 0.25) is 5.02 Å². The monoisotopic (exact) mass is 326 g/mol. The second-order valence-electron chi connectivity index (χ2n) is 4.52. The maximum absolute atomic E-state index is 9.56. The zero-order valence-electron chi connectivity index (χ0n) is 9.61. The minimum Gasteiger partial charge on any atom is -0.391 e. The highest BCUT2D eigenvalue weighted by Gasteiger charge is 2.21. The van der Waals surface area contributed by atoms with Crippen molar-refractivity contribution in [2.75, 3.05) is 18.0 Å². The van der Waals surface area contributed by atoms with Gasteiger partial charge in [0.1, 0.15) is 5.82 Å². The molecule has 1 aliphatic heterocycles. The van der Waals surface area contributed by atoms with E-state index in [1.807, 2.05) is 24.3 Å². The normalized spacial score (nSPS) is 19.7. The van der Waals surface area contributed by atoms with Crippen molar-refractivity contribution >= 4 is 44.3 Å². The van der Waals surface area contributed by atoms with Crippen molar-refractivity contribution in [2.45, 2.75) is 12.5 Å². The van der Waals surface area contributed by atoms with Gasteiger partial charge in [0, 0.05) is 22.9 Å². The molecule has 1 aromatic carbocycles. The van der Waals surface area contributed by atoms with Gasteiger partial charge in [0.25, 0.3) is 0 Å². The first-order valence-electron chi connectivity index (χ1n) is 5.82. The fourth-order valence-electron chi connectivity index (χ4n) is 2.27. The first-order chi connectivity index (χ1) is 8.63. The molecular weight excluding hydrogens is 316 g/mol. The Morgan fingerprint density at radius 1 is 1.39 bits per heavy atom. The SMILES string of the molecule is O[C@H]1CCN(c2ccc3cc(Br)cc(Cl)c3n2)C1. The van der Waals surface area contributed by atoms with Crippen LogP contribution in [-0.2, 0) is 0 Å². The van der Waals surface area contributed by atoms with E-state index in [2.05, 4.69) is 25.8 Å². The molecule has 0 bridgehead atoms. The van der Waals surface area contributed by atoms with E-state index in [0.29, 0.717) is 11.6 Å². The molecule has 1 N–H and O–H groups in total. The zero-order chi connectivity index (χ0) is 12.7. The molecule has 0 amide bonds. The number of aliphatic hydroxyl groups excluding tert-OH is 1. The first-order valence-corrected chi connectivity index (χ1v) is 6.99. The minimum atomic E-state index is -0.247. The van der Waals surface area contributed by atoms with Crippen LogP contribution in [0.5, 0.6) is 0 Å². The number of hydrogen-bond acceptors (Lipinski definition) is 3. The standard InChI is InChI=1S/C13H12BrClN2O/c14-9-5-8-1-2-12(16-13(8)11(15)6-9)17-4-3-10(18)7-17/h1-2,5-6,10,18H,3-4,7H2/t10-/m0/s1. The van der Waals surface area contributed by atoms with Gasteiger partial charge in [0.15, 0.2) is 0 Å². The number of β-amino-alcohol motifs (C(OH)–C–C–N with tert-alkyl or cyclic N) is 1. The van der Waals surface area contributed by atoms with E-state index in [1.165, 1.54) is 0 Å². The Labute approximate surface area is 119 Å². The maximum Gasteiger partial charge on any atom is 0.129 e. The number of halogens is 2. The summed E-state index contributed by atoms with van der Waals surface area (Å²) in [5, 5.41) is 11.2. The van der Waals surface area contributed by atoms with E-state index >= 15 is 0 Å². The van der Waals surface area contributed by atoms with Crippen molar-refractivity contribution in [3.8, 4) is 0 Å². The quantitative estimate of drug-likeness (QED) is 0.873. The number of hydrogen-bond donors (Lipinski definition) is 1. The van der Waals surface area contributed by atoms with Gasteiger partial charge in [-0.05, 0) is 30.7 Å². The molecule has 3 rings (SSSR count). The van der Waals surface area contributed by atoms with Crippen LogP contribution < -0.4 is 4.90 Å². The van der Waals surface area contributed by atoms with Gasteiger partial charge in [-0.15, -0.1) is 0 Å². The van der Waals surface area contributed by atoms with Crippen LogP contribution in [0.15, 0.2) is 28.7 Å². The lowest BCUT2D eigenvalue weighted by atomic mass is 10.2. The van der Waals surface area contributed by atoms with Gasteiger partial charge in [0.05, 0.1) is 16.6 Å². The van der Waals surface area contributed by atoms with Crippen LogP contribution in [0.25, 0.3) is 10.9 Å². The van der Waals surface area contributed by atoms with E-state index in [1.54, 1.807) is 0 Å². The molecule has 1 saturated heterocycles. The molecule has 3 nitrogen and oxygen atoms in total. The summed E-state index contributed by atoms with van der Waals surface area (Å²) in [5.41, 5.74) is 0.804. The third kappa shape index (κ3) is 2.20. The van der Waals surface area contributed by atoms with Crippen molar-refractivity contribution in [3.63, 3.8) is 0 Å². The van der Waals surface area contributed by atoms with E-state index in [-0.39, 0.29) is 6.10 Å². The Morgan fingerprint density at radius 3 is 2.94 bits per heavy atom. The minimum absolute atomic E-state index is 0.247. The third-order valence-electron chi connectivity index (χ3n) is 3.18. The fourth-order valence-corrected chi connectivity index (χ4v) is 3.15. The molecule has 2 heterocycles. The summed E-state index contributed by atoms with van der Waals surface area (Å²) in [5.74, 6) is 0.878. The molecule has 1 atom stereocenters. The highest BCUT2D eigenvalue weighted by Crippen LogP contribution is 2.29. The number of pyridine rings is 1. The van der Waals surface area contributed by atoms with Gasteiger partial charge in [-0.3, -0.25) is 0 Å². The lowest BCUT2D eigenvalue weighted by Crippen LogP contribution is -2.22. The van der Waals surface area contributed by atoms with Gasteiger partial charge >= 0.3 is 0 Å². The third-order valence-corrected chi connectivity index (χ3v) is 3.93. The summed E-state index contributed by atoms with van der Waals surface area (Å²) < 4.78 is 0.950. The van der Waals surface area contributed by atoms with E-state index < -0.39 is 0 Å². The smallest absolute Gasteiger partial charge is 0.129 e. The topological polar surface area (TPSA) is 36.4 Å². The van der Waals surface area contributed by atoms with Crippen LogP contribution in [0.3, 0.4) is 0 Å². The molecular formula is C13H12BrClN2O. The molecule has 1 fully saturated rings. The average molecular weight is 328 g/mol. The molecule has 1 aliphatic rings. The molecule has 1 aromatic heterocycles. The van der Waals surface area contributed by atoms with Gasteiger partial charge in [-0.2, -0.15) is 0 Å². The molecule has 0 radical (unpaired) electrons. The first kappa shape index (κ1) is 12.2. The Kier molecular flexibility index (Phi) is 3.18. The second-order valence-corrected chi connectivity index (χ2v) is 5.84. The second kappa shape index (κ2) is 4.68. The number of fused-ring (bicyclic) bond motifs is 1. The molecule has 0 unspecified atom stereocenters. The number of benzene rings is 1. The summed E-state index contributed by atoms with van der Waals surface area (Å²) in [6.07, 6.45) is 0.552. The highest BCUT2D eigenvalue weighted by molar-refractivity contribution is 9.10. The summed E-state index contributed by atoms with van der Waals surface area (Å²) in [4.78, 5) is 6.68. The Morgan fingerprint density at radius 2 is 2.22 bits per heavy atom. The summed E-state index contributed by atoms with van der Waals surface area (Å²) >= 11 is 9.63. The fraction of sp³-hybridized carbons (Fsp3) is 0.308. The molecule has 0 saturated carbocycles. The molecule has 0 spiro atoms. The predicted octanol–water partition coefficient (Wildman–Crippen LogP) is 3.22.